The van der Waals surface area contributed by atoms with Gasteiger partial charge >= 0.3 is 0 Å². The number of nitrogens with two attached hydrogens (primary N) is 1. The molecule has 0 radical (unpaired) electrons. The van der Waals surface area contributed by atoms with Gasteiger partial charge in [-0.2, -0.15) is 0 Å². The van der Waals surface area contributed by atoms with E-state index in [-0.39, 0.29) is 10.9 Å². The Labute approximate surface area is 113 Å². The third kappa shape index (κ3) is 3.45. The van der Waals surface area contributed by atoms with Gasteiger partial charge in [-0.15, -0.1) is 0 Å². The van der Waals surface area contributed by atoms with Gasteiger partial charge in [0.1, 0.15) is 5.82 Å². The molecule has 0 aliphatic heterocycles. The SMILES string of the molecule is CC(Nc1ccc(S(N)(=O)=O)cc1F)C1CCCC1. The average molecular weight is 286 g/mol. The molecule has 3 N–H and O–H groups in total. The Morgan fingerprint density at radius 1 is 1.37 bits per heavy atom. The Balaban J connectivity index is 2.13. The summed E-state index contributed by atoms with van der Waals surface area (Å²) < 4.78 is 36.1. The third-order valence-corrected chi connectivity index (χ3v) is 4.67. The second-order valence-electron chi connectivity index (χ2n) is 5.16. The number of primary sulfonamides is 1. The van der Waals surface area contributed by atoms with Crippen LogP contribution in [0.4, 0.5) is 10.1 Å². The number of nitrogens with one attached hydrogen (secondary N) is 1. The Hall–Kier alpha value is -1.14. The van der Waals surface area contributed by atoms with Crippen LogP contribution in [0, 0.1) is 11.7 Å². The summed E-state index contributed by atoms with van der Waals surface area (Å²) in [5.41, 5.74) is 0.326. The Kier molecular flexibility index (Phi) is 4.10. The van der Waals surface area contributed by atoms with Crippen LogP contribution >= 0.6 is 0 Å². The van der Waals surface area contributed by atoms with Gasteiger partial charge in [-0.05, 0) is 43.9 Å². The molecule has 19 heavy (non-hydrogen) atoms. The van der Waals surface area contributed by atoms with Crippen molar-refractivity contribution < 1.29 is 12.8 Å². The molecule has 1 aromatic carbocycles. The minimum Gasteiger partial charge on any atom is -0.380 e. The van der Waals surface area contributed by atoms with Gasteiger partial charge in [-0.3, -0.25) is 0 Å². The predicted octanol–water partition coefficient (Wildman–Crippen LogP) is 2.46. The van der Waals surface area contributed by atoms with E-state index >= 15 is 0 Å². The van der Waals surface area contributed by atoms with E-state index in [0.29, 0.717) is 11.6 Å². The molecule has 0 spiro atoms. The highest BCUT2D eigenvalue weighted by Crippen LogP contribution is 2.30. The molecule has 1 saturated carbocycles. The number of benzene rings is 1. The second kappa shape index (κ2) is 5.46. The average Bonchev–Trinajstić information content (AvgIpc) is 2.84. The van der Waals surface area contributed by atoms with Crippen LogP contribution in [0.2, 0.25) is 0 Å². The minimum absolute atomic E-state index is 0.178. The van der Waals surface area contributed by atoms with Crippen molar-refractivity contribution >= 4 is 15.7 Å². The van der Waals surface area contributed by atoms with E-state index in [0.717, 1.165) is 18.9 Å². The van der Waals surface area contributed by atoms with E-state index in [4.69, 9.17) is 5.14 Å². The maximum atomic E-state index is 13.8. The van der Waals surface area contributed by atoms with Gasteiger partial charge in [0.2, 0.25) is 10.0 Å². The summed E-state index contributed by atoms with van der Waals surface area (Å²) in [5.74, 6) is -0.0336. The zero-order valence-electron chi connectivity index (χ0n) is 10.9. The molecule has 106 valence electrons. The highest BCUT2D eigenvalue weighted by atomic mass is 32.2. The smallest absolute Gasteiger partial charge is 0.238 e. The Morgan fingerprint density at radius 2 is 2.00 bits per heavy atom. The fourth-order valence-corrected chi connectivity index (χ4v) is 3.14. The first kappa shape index (κ1) is 14.3. The number of anilines is 1. The lowest BCUT2D eigenvalue weighted by Crippen LogP contribution is -2.24. The van der Waals surface area contributed by atoms with E-state index in [9.17, 15) is 12.8 Å². The Morgan fingerprint density at radius 3 is 2.53 bits per heavy atom. The molecule has 0 saturated heterocycles. The maximum absolute atomic E-state index is 13.8. The van der Waals surface area contributed by atoms with Crippen molar-refractivity contribution in [2.24, 2.45) is 11.1 Å². The van der Waals surface area contributed by atoms with Crippen LogP contribution in [0.1, 0.15) is 32.6 Å². The molecule has 1 aromatic rings. The van der Waals surface area contributed by atoms with Crippen molar-refractivity contribution in [3.05, 3.63) is 24.0 Å². The van der Waals surface area contributed by atoms with Crippen LogP contribution in [-0.4, -0.2) is 14.5 Å². The van der Waals surface area contributed by atoms with Crippen LogP contribution in [0.5, 0.6) is 0 Å². The van der Waals surface area contributed by atoms with Gasteiger partial charge in [0, 0.05) is 6.04 Å². The maximum Gasteiger partial charge on any atom is 0.238 e. The van der Waals surface area contributed by atoms with Crippen LogP contribution in [-0.2, 0) is 10.0 Å². The molecule has 1 aliphatic rings. The van der Waals surface area contributed by atoms with Crippen molar-refractivity contribution in [2.75, 3.05) is 5.32 Å². The molecule has 1 aliphatic carbocycles. The number of hydrogen-bond donors (Lipinski definition) is 2. The summed E-state index contributed by atoms with van der Waals surface area (Å²) in [6, 6.07) is 3.89. The zero-order chi connectivity index (χ0) is 14.0. The molecule has 4 nitrogen and oxygen atoms in total. The van der Waals surface area contributed by atoms with E-state index in [1.165, 1.54) is 25.0 Å². The minimum atomic E-state index is -3.85. The molecule has 1 atom stereocenters. The molecule has 0 bridgehead atoms. The van der Waals surface area contributed by atoms with Gasteiger partial charge in [0.05, 0.1) is 10.6 Å². The third-order valence-electron chi connectivity index (χ3n) is 3.76. The van der Waals surface area contributed by atoms with Gasteiger partial charge < -0.3 is 5.32 Å². The number of sulfonamides is 1. The van der Waals surface area contributed by atoms with E-state index in [2.05, 4.69) is 5.32 Å². The lowest BCUT2D eigenvalue weighted by atomic mass is 9.99. The van der Waals surface area contributed by atoms with E-state index in [1.54, 1.807) is 0 Å². The largest absolute Gasteiger partial charge is 0.380 e. The molecular formula is C13H19FN2O2S. The number of rotatable bonds is 4. The topological polar surface area (TPSA) is 72.2 Å². The molecular weight excluding hydrogens is 267 g/mol. The molecule has 1 unspecified atom stereocenters. The van der Waals surface area contributed by atoms with E-state index in [1.807, 2.05) is 6.92 Å². The lowest BCUT2D eigenvalue weighted by Gasteiger charge is -2.22. The van der Waals surface area contributed by atoms with Gasteiger partial charge in [-0.25, -0.2) is 17.9 Å². The van der Waals surface area contributed by atoms with Crippen LogP contribution in [0.25, 0.3) is 0 Å². The molecule has 0 aromatic heterocycles. The Bertz CT molecular complexity index is 554. The van der Waals surface area contributed by atoms with Crippen LogP contribution in [0.15, 0.2) is 23.1 Å². The van der Waals surface area contributed by atoms with E-state index < -0.39 is 15.8 Å². The summed E-state index contributed by atoms with van der Waals surface area (Å²) in [4.78, 5) is -0.205. The van der Waals surface area contributed by atoms with Crippen molar-refractivity contribution in [3.63, 3.8) is 0 Å². The first-order valence-electron chi connectivity index (χ1n) is 6.47. The van der Waals surface area contributed by atoms with Gasteiger partial charge in [0.25, 0.3) is 0 Å². The number of hydrogen-bond acceptors (Lipinski definition) is 3. The standard InChI is InChI=1S/C13H19FN2O2S/c1-9(10-4-2-3-5-10)16-13-7-6-11(8-12(13)14)19(15,17)18/h6-10,16H,2-5H2,1H3,(H2,15,17,18). The summed E-state index contributed by atoms with van der Waals surface area (Å²) in [6.45, 7) is 2.03. The predicted molar refractivity (Wildman–Crippen MR) is 72.8 cm³/mol. The van der Waals surface area contributed by atoms with Crippen molar-refractivity contribution in [2.45, 2.75) is 43.5 Å². The van der Waals surface area contributed by atoms with Crippen molar-refractivity contribution in [1.82, 2.24) is 0 Å². The highest BCUT2D eigenvalue weighted by Gasteiger charge is 2.22. The first-order chi connectivity index (χ1) is 8.88. The first-order valence-corrected chi connectivity index (χ1v) is 8.01. The molecule has 0 amide bonds. The lowest BCUT2D eigenvalue weighted by molar-refractivity contribution is 0.479. The van der Waals surface area contributed by atoms with Crippen LogP contribution < -0.4 is 10.5 Å². The molecule has 1 fully saturated rings. The monoisotopic (exact) mass is 286 g/mol. The summed E-state index contributed by atoms with van der Waals surface area (Å²) in [7, 11) is -3.85. The molecule has 0 heterocycles. The summed E-state index contributed by atoms with van der Waals surface area (Å²) >= 11 is 0. The van der Waals surface area contributed by atoms with Gasteiger partial charge in [0.15, 0.2) is 0 Å². The normalized spacial score (nSPS) is 18.5. The fraction of sp³-hybridized carbons (Fsp3) is 0.538. The molecule has 6 heteroatoms. The van der Waals surface area contributed by atoms with Gasteiger partial charge in [-0.1, -0.05) is 12.8 Å². The van der Waals surface area contributed by atoms with Crippen LogP contribution in [0.3, 0.4) is 0 Å². The number of halogens is 1. The second-order valence-corrected chi connectivity index (χ2v) is 6.73. The molecule has 2 rings (SSSR count). The zero-order valence-corrected chi connectivity index (χ0v) is 11.7. The highest BCUT2D eigenvalue weighted by molar-refractivity contribution is 7.89. The van der Waals surface area contributed by atoms with Crippen molar-refractivity contribution in [1.29, 1.82) is 0 Å². The summed E-state index contributed by atoms with van der Waals surface area (Å²) in [6.07, 6.45) is 4.77. The quantitative estimate of drug-likeness (QED) is 0.893. The fourth-order valence-electron chi connectivity index (χ4n) is 2.61. The summed E-state index contributed by atoms with van der Waals surface area (Å²) in [5, 5.41) is 8.08. The van der Waals surface area contributed by atoms with Crippen molar-refractivity contribution in [3.8, 4) is 0 Å².